The molecule has 0 amide bonds. The van der Waals surface area contributed by atoms with E-state index in [0.717, 1.165) is 12.1 Å². The molecule has 0 fully saturated rings. The molecule has 17 heavy (non-hydrogen) atoms. The van der Waals surface area contributed by atoms with E-state index in [4.69, 9.17) is 0 Å². The fourth-order valence-corrected chi connectivity index (χ4v) is 1.76. The number of ketones is 1. The molecule has 0 aliphatic carbocycles. The molecule has 0 aliphatic rings. The summed E-state index contributed by atoms with van der Waals surface area (Å²) in [5.41, 5.74) is 0.0640. The zero-order valence-corrected chi connectivity index (χ0v) is 11.0. The first-order valence-electron chi connectivity index (χ1n) is 5.15. The van der Waals surface area contributed by atoms with Gasteiger partial charge in [-0.1, -0.05) is 28.9 Å². The Balaban J connectivity index is 3.24. The van der Waals surface area contributed by atoms with Crippen molar-refractivity contribution in [2.24, 2.45) is 0 Å². The number of alkyl halides is 4. The molecule has 0 aliphatic heterocycles. The summed E-state index contributed by atoms with van der Waals surface area (Å²) in [5, 5.41) is 0. The van der Waals surface area contributed by atoms with Gasteiger partial charge in [-0.05, 0) is 31.0 Å². The van der Waals surface area contributed by atoms with E-state index in [1.165, 1.54) is 6.07 Å². The van der Waals surface area contributed by atoms with Crippen LogP contribution in [0.3, 0.4) is 0 Å². The quantitative estimate of drug-likeness (QED) is 0.603. The molecule has 0 bridgehead atoms. The van der Waals surface area contributed by atoms with Crippen molar-refractivity contribution in [3.63, 3.8) is 0 Å². The largest absolute Gasteiger partial charge is 0.416 e. The summed E-state index contributed by atoms with van der Waals surface area (Å²) in [6.07, 6.45) is -3.98. The van der Waals surface area contributed by atoms with Crippen LogP contribution in [-0.4, -0.2) is 10.6 Å². The van der Waals surface area contributed by atoms with Crippen LogP contribution in [0.15, 0.2) is 18.2 Å². The fourth-order valence-electron chi connectivity index (χ4n) is 1.52. The highest BCUT2D eigenvalue weighted by Crippen LogP contribution is 2.31. The van der Waals surface area contributed by atoms with Gasteiger partial charge in [-0.3, -0.25) is 4.79 Å². The van der Waals surface area contributed by atoms with Gasteiger partial charge >= 0.3 is 6.18 Å². The molecule has 0 radical (unpaired) electrons. The van der Waals surface area contributed by atoms with E-state index in [1.54, 1.807) is 13.8 Å². The van der Waals surface area contributed by atoms with Gasteiger partial charge in [-0.25, -0.2) is 0 Å². The Morgan fingerprint density at radius 3 is 2.41 bits per heavy atom. The predicted octanol–water partition coefficient (Wildman–Crippen LogP) is 4.23. The van der Waals surface area contributed by atoms with E-state index in [0.29, 0.717) is 17.5 Å². The van der Waals surface area contributed by atoms with Crippen molar-refractivity contribution in [2.45, 2.75) is 31.3 Å². The van der Waals surface area contributed by atoms with Gasteiger partial charge in [0.05, 0.1) is 10.4 Å². The fraction of sp³-hybridized carbons (Fsp3) is 0.417. The first-order valence-corrected chi connectivity index (χ1v) is 6.07. The SMILES string of the molecule is CCc1cc(C(F)(F)F)ccc1C(=O)C(C)Br. The maximum absolute atomic E-state index is 12.5. The molecular weight excluding hydrogens is 297 g/mol. The predicted molar refractivity (Wildman–Crippen MR) is 63.5 cm³/mol. The number of carbonyl (C=O) groups excluding carboxylic acids is 1. The maximum Gasteiger partial charge on any atom is 0.416 e. The van der Waals surface area contributed by atoms with E-state index in [-0.39, 0.29) is 5.78 Å². The van der Waals surface area contributed by atoms with Gasteiger partial charge in [-0.2, -0.15) is 13.2 Å². The van der Waals surface area contributed by atoms with E-state index in [2.05, 4.69) is 15.9 Å². The summed E-state index contributed by atoms with van der Waals surface area (Å²) in [6.45, 7) is 3.38. The molecule has 1 rings (SSSR count). The molecule has 1 aromatic rings. The Kier molecular flexibility index (Phi) is 4.36. The molecule has 1 aromatic carbocycles. The van der Waals surface area contributed by atoms with Crippen molar-refractivity contribution < 1.29 is 18.0 Å². The highest BCUT2D eigenvalue weighted by atomic mass is 79.9. The van der Waals surface area contributed by atoms with Crippen LogP contribution in [0.4, 0.5) is 13.2 Å². The molecule has 0 saturated carbocycles. The van der Waals surface area contributed by atoms with Crippen molar-refractivity contribution in [3.8, 4) is 0 Å². The first kappa shape index (κ1) is 14.2. The second-order valence-corrected chi connectivity index (χ2v) is 5.08. The minimum Gasteiger partial charge on any atom is -0.293 e. The topological polar surface area (TPSA) is 17.1 Å². The van der Waals surface area contributed by atoms with Gasteiger partial charge in [0.15, 0.2) is 5.78 Å². The van der Waals surface area contributed by atoms with Gasteiger partial charge in [0.1, 0.15) is 0 Å². The summed E-state index contributed by atoms with van der Waals surface area (Å²) in [7, 11) is 0. The Hall–Kier alpha value is -0.840. The number of Topliss-reactive ketones (excluding diaryl/α,β-unsaturated/α-hetero) is 1. The smallest absolute Gasteiger partial charge is 0.293 e. The zero-order chi connectivity index (χ0) is 13.2. The summed E-state index contributed by atoms with van der Waals surface area (Å²) in [4.78, 5) is 11.4. The molecule has 1 nitrogen and oxygen atoms in total. The van der Waals surface area contributed by atoms with Crippen LogP contribution in [0.1, 0.15) is 35.3 Å². The summed E-state index contributed by atoms with van der Waals surface area (Å²) < 4.78 is 37.5. The summed E-state index contributed by atoms with van der Waals surface area (Å²) >= 11 is 3.13. The Bertz CT molecular complexity index is 424. The molecule has 1 atom stereocenters. The van der Waals surface area contributed by atoms with Crippen molar-refractivity contribution >= 4 is 21.7 Å². The molecule has 0 heterocycles. The second kappa shape index (κ2) is 5.21. The van der Waals surface area contributed by atoms with Gasteiger partial charge in [0, 0.05) is 5.56 Å². The zero-order valence-electron chi connectivity index (χ0n) is 9.44. The molecule has 1 unspecified atom stereocenters. The van der Waals surface area contributed by atoms with E-state index < -0.39 is 16.6 Å². The van der Waals surface area contributed by atoms with Crippen LogP contribution in [0, 0.1) is 0 Å². The van der Waals surface area contributed by atoms with E-state index >= 15 is 0 Å². The molecule has 0 N–H and O–H groups in total. The number of hydrogen-bond donors (Lipinski definition) is 0. The average Bonchev–Trinajstić information content (AvgIpc) is 2.25. The molecule has 0 spiro atoms. The van der Waals surface area contributed by atoms with Crippen molar-refractivity contribution in [2.75, 3.05) is 0 Å². The highest BCUT2D eigenvalue weighted by Gasteiger charge is 2.31. The minimum absolute atomic E-state index is 0.199. The monoisotopic (exact) mass is 308 g/mol. The molecule has 0 aromatic heterocycles. The maximum atomic E-state index is 12.5. The van der Waals surface area contributed by atoms with Crippen LogP contribution in [0.2, 0.25) is 0 Å². The van der Waals surface area contributed by atoms with Gasteiger partial charge in [-0.15, -0.1) is 0 Å². The minimum atomic E-state index is -4.37. The van der Waals surface area contributed by atoms with Crippen LogP contribution >= 0.6 is 15.9 Å². The van der Waals surface area contributed by atoms with Crippen LogP contribution in [0.25, 0.3) is 0 Å². The normalized spacial score (nSPS) is 13.5. The van der Waals surface area contributed by atoms with Crippen LogP contribution in [-0.2, 0) is 12.6 Å². The molecular formula is C12H12BrF3O. The third-order valence-corrected chi connectivity index (χ3v) is 2.86. The number of hydrogen-bond acceptors (Lipinski definition) is 1. The van der Waals surface area contributed by atoms with Crippen LogP contribution < -0.4 is 0 Å². The van der Waals surface area contributed by atoms with Crippen molar-refractivity contribution in [1.82, 2.24) is 0 Å². The lowest BCUT2D eigenvalue weighted by Gasteiger charge is -2.12. The lowest BCUT2D eigenvalue weighted by Crippen LogP contribution is -2.14. The number of halogens is 4. The van der Waals surface area contributed by atoms with Crippen molar-refractivity contribution in [3.05, 3.63) is 34.9 Å². The number of rotatable bonds is 3. The number of carbonyl (C=O) groups is 1. The van der Waals surface area contributed by atoms with Gasteiger partial charge in [0.25, 0.3) is 0 Å². The lowest BCUT2D eigenvalue weighted by molar-refractivity contribution is -0.137. The van der Waals surface area contributed by atoms with Gasteiger partial charge < -0.3 is 0 Å². The molecule has 0 saturated heterocycles. The Morgan fingerprint density at radius 2 is 2.00 bits per heavy atom. The lowest BCUT2D eigenvalue weighted by atomic mass is 9.97. The standard InChI is InChI=1S/C12H12BrF3O/c1-3-8-6-9(12(14,15)16)4-5-10(8)11(17)7(2)13/h4-7H,3H2,1-2H3. The molecule has 5 heteroatoms. The molecule has 94 valence electrons. The highest BCUT2D eigenvalue weighted by molar-refractivity contribution is 9.10. The van der Waals surface area contributed by atoms with Gasteiger partial charge in [0.2, 0.25) is 0 Å². The second-order valence-electron chi connectivity index (χ2n) is 3.70. The summed E-state index contributed by atoms with van der Waals surface area (Å²) in [5.74, 6) is -0.199. The third kappa shape index (κ3) is 3.31. The van der Waals surface area contributed by atoms with E-state index in [1.807, 2.05) is 0 Å². The first-order chi connectivity index (χ1) is 7.77. The summed E-state index contributed by atoms with van der Waals surface area (Å²) in [6, 6.07) is 3.24. The Labute approximate surface area is 106 Å². The Morgan fingerprint density at radius 1 is 1.41 bits per heavy atom. The van der Waals surface area contributed by atoms with Crippen molar-refractivity contribution in [1.29, 1.82) is 0 Å². The number of aryl methyl sites for hydroxylation is 1. The van der Waals surface area contributed by atoms with Crippen LogP contribution in [0.5, 0.6) is 0 Å². The third-order valence-electron chi connectivity index (χ3n) is 2.44. The average molecular weight is 309 g/mol. The van der Waals surface area contributed by atoms with E-state index in [9.17, 15) is 18.0 Å². The number of benzene rings is 1.